The third kappa shape index (κ3) is 3.01. The Morgan fingerprint density at radius 1 is 0.475 bits per heavy atom. The zero-order valence-electron chi connectivity index (χ0n) is 21.5. The molecule has 4 heterocycles. The molecule has 4 heteroatoms. The van der Waals surface area contributed by atoms with Crippen LogP contribution in [0.1, 0.15) is 0 Å². The summed E-state index contributed by atoms with van der Waals surface area (Å²) in [7, 11) is 0. The van der Waals surface area contributed by atoms with Gasteiger partial charge < -0.3 is 4.98 Å². The van der Waals surface area contributed by atoms with Crippen LogP contribution < -0.4 is 0 Å². The summed E-state index contributed by atoms with van der Waals surface area (Å²) < 4.78 is 2.23. The van der Waals surface area contributed by atoms with Crippen LogP contribution in [0, 0.1) is 0 Å². The van der Waals surface area contributed by atoms with Crippen molar-refractivity contribution in [3.8, 4) is 5.69 Å². The highest BCUT2D eigenvalue weighted by atomic mass is 15.0. The Morgan fingerprint density at radius 3 is 1.95 bits per heavy atom. The van der Waals surface area contributed by atoms with Crippen molar-refractivity contribution in [2.75, 3.05) is 0 Å². The van der Waals surface area contributed by atoms with Crippen LogP contribution in [0.2, 0.25) is 0 Å². The van der Waals surface area contributed by atoms with Crippen LogP contribution in [0.4, 0.5) is 0 Å². The number of rotatable bonds is 1. The summed E-state index contributed by atoms with van der Waals surface area (Å²) in [5.74, 6) is 0. The van der Waals surface area contributed by atoms with Gasteiger partial charge in [0.2, 0.25) is 0 Å². The van der Waals surface area contributed by atoms with Crippen molar-refractivity contribution in [3.05, 3.63) is 127 Å². The summed E-state index contributed by atoms with van der Waals surface area (Å²) in [4.78, 5) is 14.4. The summed E-state index contributed by atoms with van der Waals surface area (Å²) in [5.41, 5.74) is 7.92. The third-order valence-corrected chi connectivity index (χ3v) is 8.11. The van der Waals surface area contributed by atoms with Crippen LogP contribution in [0.25, 0.3) is 82.1 Å². The fourth-order valence-electron chi connectivity index (χ4n) is 6.24. The molecule has 0 saturated carbocycles. The van der Waals surface area contributed by atoms with E-state index in [9.17, 15) is 0 Å². The average Bonchev–Trinajstić information content (AvgIpc) is 3.40. The topological polar surface area (TPSA) is 46.5 Å². The van der Waals surface area contributed by atoms with E-state index in [-0.39, 0.29) is 0 Å². The van der Waals surface area contributed by atoms with Crippen molar-refractivity contribution in [2.24, 2.45) is 0 Å². The monoisotopic (exact) mass is 510 g/mol. The van der Waals surface area contributed by atoms with Crippen LogP contribution in [0.3, 0.4) is 0 Å². The minimum absolute atomic E-state index is 0.854. The Balaban J connectivity index is 1.62. The van der Waals surface area contributed by atoms with Gasteiger partial charge in [-0.2, -0.15) is 0 Å². The molecule has 0 radical (unpaired) electrons. The molecule has 9 rings (SSSR count). The lowest BCUT2D eigenvalue weighted by atomic mass is 10.1. The molecular formula is C36H22N4. The summed E-state index contributed by atoms with van der Waals surface area (Å²) in [5, 5.41) is 7.95. The summed E-state index contributed by atoms with van der Waals surface area (Å²) in [6.07, 6.45) is 0. The van der Waals surface area contributed by atoms with E-state index in [0.29, 0.717) is 0 Å². The van der Waals surface area contributed by atoms with Crippen LogP contribution in [-0.4, -0.2) is 19.5 Å². The first-order valence-corrected chi connectivity index (χ1v) is 13.5. The number of hydrogen-bond acceptors (Lipinski definition) is 2. The van der Waals surface area contributed by atoms with E-state index < -0.39 is 0 Å². The van der Waals surface area contributed by atoms with Gasteiger partial charge >= 0.3 is 0 Å². The third-order valence-electron chi connectivity index (χ3n) is 8.11. The summed E-state index contributed by atoms with van der Waals surface area (Å²) in [6.45, 7) is 0. The Hall–Kier alpha value is -5.48. The van der Waals surface area contributed by atoms with E-state index in [0.717, 1.165) is 66.0 Å². The maximum atomic E-state index is 5.29. The summed E-state index contributed by atoms with van der Waals surface area (Å²) in [6, 6.07) is 45.0. The second kappa shape index (κ2) is 8.01. The number of para-hydroxylation sites is 3. The molecule has 0 aliphatic rings. The molecule has 0 aliphatic heterocycles. The van der Waals surface area contributed by atoms with Crippen LogP contribution >= 0.6 is 0 Å². The number of H-pyrrole nitrogens is 1. The Bertz CT molecular complexity index is 2480. The van der Waals surface area contributed by atoms with Gasteiger partial charge in [-0.1, -0.05) is 84.9 Å². The molecule has 40 heavy (non-hydrogen) atoms. The van der Waals surface area contributed by atoms with E-state index in [1.54, 1.807) is 0 Å². The molecule has 8 bridgehead atoms. The molecule has 0 unspecified atom stereocenters. The van der Waals surface area contributed by atoms with E-state index in [1.807, 2.05) is 6.07 Å². The predicted octanol–water partition coefficient (Wildman–Crippen LogP) is 9.23. The highest BCUT2D eigenvalue weighted by molar-refractivity contribution is 6.21. The first kappa shape index (κ1) is 21.5. The maximum absolute atomic E-state index is 5.29. The number of aromatic amines is 1. The number of fused-ring (bicyclic) bond motifs is 7. The van der Waals surface area contributed by atoms with Crippen LogP contribution in [-0.2, 0) is 0 Å². The highest BCUT2D eigenvalue weighted by Gasteiger charge is 2.12. The number of nitrogens with one attached hydrogen (secondary N) is 1. The van der Waals surface area contributed by atoms with Crippen molar-refractivity contribution < 1.29 is 0 Å². The van der Waals surface area contributed by atoms with Gasteiger partial charge in [-0.3, -0.25) is 4.57 Å². The Kier molecular flexibility index (Phi) is 4.30. The first-order valence-electron chi connectivity index (χ1n) is 13.5. The normalized spacial score (nSPS) is 12.0. The second-order valence-corrected chi connectivity index (χ2v) is 10.4. The maximum Gasteiger partial charge on any atom is 0.138 e. The standard InChI is InChI=1S/C36H22N4/c1-2-8-25(9-3-1)40-26-10-4-7-24(21-26)27-11-5-12-28-29-13-6-14-30(36(29)39-35(27)28)31-19-17-22-15-16-23-18-20-32(40)38-34(23)33(22)37-31/h1-21,39H. The lowest BCUT2D eigenvalue weighted by Gasteiger charge is -2.12. The van der Waals surface area contributed by atoms with Gasteiger partial charge in [0.05, 0.1) is 27.6 Å². The van der Waals surface area contributed by atoms with E-state index in [2.05, 4.69) is 131 Å². The minimum Gasteiger partial charge on any atom is -0.353 e. The Labute approximate surface area is 228 Å². The molecule has 4 aromatic heterocycles. The number of pyridine rings is 2. The van der Waals surface area contributed by atoms with Gasteiger partial charge in [-0.25, -0.2) is 9.97 Å². The van der Waals surface area contributed by atoms with Crippen molar-refractivity contribution in [2.45, 2.75) is 0 Å². The molecule has 5 aromatic carbocycles. The van der Waals surface area contributed by atoms with Crippen LogP contribution in [0.15, 0.2) is 127 Å². The van der Waals surface area contributed by atoms with E-state index >= 15 is 0 Å². The van der Waals surface area contributed by atoms with Crippen molar-refractivity contribution in [3.63, 3.8) is 0 Å². The van der Waals surface area contributed by atoms with E-state index in [1.165, 1.54) is 16.2 Å². The quantitative estimate of drug-likeness (QED) is 0.224. The molecule has 186 valence electrons. The second-order valence-electron chi connectivity index (χ2n) is 10.4. The fourth-order valence-corrected chi connectivity index (χ4v) is 6.24. The Morgan fingerprint density at radius 2 is 1.12 bits per heavy atom. The number of aromatic nitrogens is 4. The summed E-state index contributed by atoms with van der Waals surface area (Å²) >= 11 is 0. The van der Waals surface area contributed by atoms with Gasteiger partial charge in [0.1, 0.15) is 5.65 Å². The smallest absolute Gasteiger partial charge is 0.138 e. The predicted molar refractivity (Wildman–Crippen MR) is 167 cm³/mol. The van der Waals surface area contributed by atoms with Crippen molar-refractivity contribution in [1.82, 2.24) is 19.5 Å². The van der Waals surface area contributed by atoms with Gasteiger partial charge in [-0.15, -0.1) is 0 Å². The zero-order valence-corrected chi connectivity index (χ0v) is 21.5. The molecule has 0 atom stereocenters. The molecule has 1 N–H and O–H groups in total. The molecule has 0 fully saturated rings. The van der Waals surface area contributed by atoms with Gasteiger partial charge in [0, 0.05) is 43.5 Å². The number of nitrogens with zero attached hydrogens (tertiary/aromatic N) is 3. The minimum atomic E-state index is 0.854. The van der Waals surface area contributed by atoms with Crippen LogP contribution in [0.5, 0.6) is 0 Å². The molecule has 9 aromatic rings. The molecular weight excluding hydrogens is 488 g/mol. The fraction of sp³-hybridized carbons (Fsp3) is 0. The average molecular weight is 511 g/mol. The van der Waals surface area contributed by atoms with Gasteiger partial charge in [0.25, 0.3) is 0 Å². The number of hydrogen-bond donors (Lipinski definition) is 1. The largest absolute Gasteiger partial charge is 0.353 e. The van der Waals surface area contributed by atoms with Gasteiger partial charge in [-0.05, 0) is 47.9 Å². The zero-order chi connectivity index (χ0) is 26.2. The lowest BCUT2D eigenvalue weighted by Crippen LogP contribution is -1.99. The van der Waals surface area contributed by atoms with Gasteiger partial charge in [0.15, 0.2) is 0 Å². The number of benzene rings is 5. The molecule has 0 spiro atoms. The molecule has 0 saturated heterocycles. The first-order chi connectivity index (χ1) is 19.8. The van der Waals surface area contributed by atoms with Crippen molar-refractivity contribution in [1.29, 1.82) is 0 Å². The van der Waals surface area contributed by atoms with E-state index in [4.69, 9.17) is 9.97 Å². The molecule has 4 nitrogen and oxygen atoms in total. The highest BCUT2D eigenvalue weighted by Crippen LogP contribution is 2.34. The molecule has 0 amide bonds. The van der Waals surface area contributed by atoms with Crippen molar-refractivity contribution >= 4 is 76.5 Å². The molecule has 0 aliphatic carbocycles. The lowest BCUT2D eigenvalue weighted by molar-refractivity contribution is 1.12. The SMILES string of the molecule is c1ccc(-n2c3cccc(c3)c3cccc4c5cccc(c6ccc7ccc8ccc2nc8c7n6)c5[nH]c34)cc1.